The Kier molecular flexibility index (Phi) is 7.58. The van der Waals surface area contributed by atoms with Crippen LogP contribution in [0.1, 0.15) is 42.3 Å². The summed E-state index contributed by atoms with van der Waals surface area (Å²) in [7, 11) is 0. The lowest BCUT2D eigenvalue weighted by atomic mass is 10.0. The van der Waals surface area contributed by atoms with Gasteiger partial charge >= 0.3 is 0 Å². The number of benzene rings is 2. The third kappa shape index (κ3) is 5.85. The van der Waals surface area contributed by atoms with Crippen molar-refractivity contribution in [3.8, 4) is 11.8 Å². The molecule has 1 unspecified atom stereocenters. The molecule has 0 aliphatic carbocycles. The van der Waals surface area contributed by atoms with E-state index < -0.39 is 6.04 Å². The van der Waals surface area contributed by atoms with Crippen LogP contribution in [0.3, 0.4) is 0 Å². The maximum Gasteiger partial charge on any atom is 0.251 e. The van der Waals surface area contributed by atoms with Gasteiger partial charge in [-0.05, 0) is 54.8 Å². The lowest BCUT2D eigenvalue weighted by Gasteiger charge is -2.22. The molecule has 1 atom stereocenters. The largest absolute Gasteiger partial charge is 0.494 e. The molecule has 0 spiro atoms. The molecule has 0 radical (unpaired) electrons. The van der Waals surface area contributed by atoms with E-state index >= 15 is 0 Å². The minimum absolute atomic E-state index is 0.0763. The van der Waals surface area contributed by atoms with Gasteiger partial charge in [-0.3, -0.25) is 9.59 Å². The highest BCUT2D eigenvalue weighted by Gasteiger charge is 2.24. The summed E-state index contributed by atoms with van der Waals surface area (Å²) in [6, 6.07) is 15.2. The van der Waals surface area contributed by atoms with E-state index in [-0.39, 0.29) is 17.7 Å². The van der Waals surface area contributed by atoms with E-state index in [1.807, 2.05) is 20.8 Å². The first-order valence-corrected chi connectivity index (χ1v) is 9.25. The van der Waals surface area contributed by atoms with Gasteiger partial charge in [-0.1, -0.05) is 26.0 Å². The second-order valence-electron chi connectivity index (χ2n) is 6.68. The quantitative estimate of drug-likeness (QED) is 0.737. The lowest BCUT2D eigenvalue weighted by Crippen LogP contribution is -2.49. The van der Waals surface area contributed by atoms with E-state index in [0.717, 1.165) is 5.56 Å². The Labute approximate surface area is 165 Å². The summed E-state index contributed by atoms with van der Waals surface area (Å²) < 4.78 is 5.37. The fraction of sp³-hybridized carbons (Fsp3) is 0.318. The molecule has 0 aromatic heterocycles. The second-order valence-corrected chi connectivity index (χ2v) is 6.68. The number of ether oxygens (including phenoxy) is 1. The zero-order chi connectivity index (χ0) is 20.5. The maximum atomic E-state index is 12.6. The third-order valence-corrected chi connectivity index (χ3v) is 4.21. The minimum atomic E-state index is -0.655. The van der Waals surface area contributed by atoms with Crippen molar-refractivity contribution in [2.75, 3.05) is 6.61 Å². The van der Waals surface area contributed by atoms with E-state index in [1.54, 1.807) is 48.5 Å². The van der Waals surface area contributed by atoms with E-state index in [0.29, 0.717) is 30.0 Å². The van der Waals surface area contributed by atoms with Crippen molar-refractivity contribution in [2.24, 2.45) is 5.92 Å². The number of hydrogen-bond donors (Lipinski definition) is 2. The SMILES string of the molecule is CCOc1ccc(C(=O)NC(C(=O)NCc2ccc(C#N)cc2)C(C)C)cc1. The molecule has 0 aliphatic rings. The Morgan fingerprint density at radius 2 is 1.71 bits per heavy atom. The molecular formula is C22H25N3O3. The second kappa shape index (κ2) is 10.1. The first-order valence-electron chi connectivity index (χ1n) is 9.25. The molecule has 0 heterocycles. The van der Waals surface area contributed by atoms with Crippen molar-refractivity contribution in [3.63, 3.8) is 0 Å². The van der Waals surface area contributed by atoms with E-state index in [2.05, 4.69) is 16.7 Å². The number of hydrogen-bond acceptors (Lipinski definition) is 4. The number of carbonyl (C=O) groups is 2. The summed E-state index contributed by atoms with van der Waals surface area (Å²) in [6.07, 6.45) is 0. The highest BCUT2D eigenvalue weighted by molar-refractivity contribution is 5.97. The average molecular weight is 379 g/mol. The predicted molar refractivity (Wildman–Crippen MR) is 107 cm³/mol. The third-order valence-electron chi connectivity index (χ3n) is 4.21. The Morgan fingerprint density at radius 3 is 2.25 bits per heavy atom. The first kappa shape index (κ1) is 21.0. The zero-order valence-corrected chi connectivity index (χ0v) is 16.4. The van der Waals surface area contributed by atoms with Crippen LogP contribution in [0.25, 0.3) is 0 Å². The summed E-state index contributed by atoms with van der Waals surface area (Å²) >= 11 is 0. The first-order chi connectivity index (χ1) is 13.4. The Hall–Kier alpha value is -3.33. The summed E-state index contributed by atoms with van der Waals surface area (Å²) in [4.78, 5) is 25.1. The van der Waals surface area contributed by atoms with E-state index in [1.165, 1.54) is 0 Å². The zero-order valence-electron chi connectivity index (χ0n) is 16.4. The van der Waals surface area contributed by atoms with Gasteiger partial charge in [-0.25, -0.2) is 0 Å². The van der Waals surface area contributed by atoms with Crippen LogP contribution in [0.4, 0.5) is 0 Å². The van der Waals surface area contributed by atoms with Gasteiger partial charge in [0, 0.05) is 12.1 Å². The van der Waals surface area contributed by atoms with Gasteiger partial charge in [0.1, 0.15) is 11.8 Å². The van der Waals surface area contributed by atoms with Gasteiger partial charge in [-0.2, -0.15) is 5.26 Å². The summed E-state index contributed by atoms with van der Waals surface area (Å²) in [5.41, 5.74) is 1.92. The molecule has 6 nitrogen and oxygen atoms in total. The normalized spacial score (nSPS) is 11.4. The van der Waals surface area contributed by atoms with Crippen LogP contribution in [0, 0.1) is 17.2 Å². The smallest absolute Gasteiger partial charge is 0.251 e. The maximum absolute atomic E-state index is 12.6. The molecule has 146 valence electrons. The van der Waals surface area contributed by atoms with Crippen molar-refractivity contribution < 1.29 is 14.3 Å². The van der Waals surface area contributed by atoms with E-state index in [4.69, 9.17) is 10.00 Å². The van der Waals surface area contributed by atoms with Gasteiger partial charge in [0.2, 0.25) is 5.91 Å². The van der Waals surface area contributed by atoms with Crippen molar-refractivity contribution in [1.29, 1.82) is 5.26 Å². The summed E-state index contributed by atoms with van der Waals surface area (Å²) in [5, 5.41) is 14.5. The molecule has 0 saturated heterocycles. The molecule has 0 aliphatic heterocycles. The highest BCUT2D eigenvalue weighted by atomic mass is 16.5. The number of carbonyl (C=O) groups excluding carboxylic acids is 2. The molecule has 0 saturated carbocycles. The van der Waals surface area contributed by atoms with Gasteiger partial charge in [0.05, 0.1) is 18.2 Å². The molecule has 2 amide bonds. The van der Waals surface area contributed by atoms with Crippen LogP contribution in [-0.4, -0.2) is 24.5 Å². The topological polar surface area (TPSA) is 91.2 Å². The Bertz CT molecular complexity index is 837. The van der Waals surface area contributed by atoms with Gasteiger partial charge in [0.25, 0.3) is 5.91 Å². The summed E-state index contributed by atoms with van der Waals surface area (Å²) in [6.45, 7) is 6.53. The molecule has 2 rings (SSSR count). The van der Waals surface area contributed by atoms with Crippen LogP contribution in [0.2, 0.25) is 0 Å². The van der Waals surface area contributed by atoms with Gasteiger partial charge in [0.15, 0.2) is 0 Å². The van der Waals surface area contributed by atoms with Crippen LogP contribution in [0.5, 0.6) is 5.75 Å². The van der Waals surface area contributed by atoms with Crippen LogP contribution in [-0.2, 0) is 11.3 Å². The van der Waals surface area contributed by atoms with Crippen LogP contribution >= 0.6 is 0 Å². The summed E-state index contributed by atoms with van der Waals surface area (Å²) in [5.74, 6) is 0.0566. The fourth-order valence-electron chi connectivity index (χ4n) is 2.62. The number of rotatable bonds is 8. The van der Waals surface area contributed by atoms with Crippen LogP contribution < -0.4 is 15.4 Å². The number of nitrogens with zero attached hydrogens (tertiary/aromatic N) is 1. The molecule has 2 N–H and O–H groups in total. The van der Waals surface area contributed by atoms with Crippen LogP contribution in [0.15, 0.2) is 48.5 Å². The molecule has 28 heavy (non-hydrogen) atoms. The highest BCUT2D eigenvalue weighted by Crippen LogP contribution is 2.13. The monoisotopic (exact) mass is 379 g/mol. The number of nitrogens with one attached hydrogen (secondary N) is 2. The molecule has 0 fully saturated rings. The van der Waals surface area contributed by atoms with Crippen molar-refractivity contribution in [1.82, 2.24) is 10.6 Å². The van der Waals surface area contributed by atoms with Crippen molar-refractivity contribution >= 4 is 11.8 Å². The molecule has 0 bridgehead atoms. The molecule has 2 aromatic carbocycles. The Morgan fingerprint density at radius 1 is 1.07 bits per heavy atom. The van der Waals surface area contributed by atoms with E-state index in [9.17, 15) is 9.59 Å². The molecular weight excluding hydrogens is 354 g/mol. The standard InChI is InChI=1S/C22H25N3O3/c1-4-28-19-11-9-18(10-12-19)21(26)25-20(15(2)3)22(27)24-14-17-7-5-16(13-23)6-8-17/h5-12,15,20H,4,14H2,1-3H3,(H,24,27)(H,25,26). The minimum Gasteiger partial charge on any atom is -0.494 e. The Balaban J connectivity index is 1.97. The van der Waals surface area contributed by atoms with Gasteiger partial charge in [-0.15, -0.1) is 0 Å². The number of nitriles is 1. The van der Waals surface area contributed by atoms with Crippen molar-refractivity contribution in [3.05, 3.63) is 65.2 Å². The van der Waals surface area contributed by atoms with Gasteiger partial charge < -0.3 is 15.4 Å². The van der Waals surface area contributed by atoms with Crippen molar-refractivity contribution in [2.45, 2.75) is 33.4 Å². The average Bonchev–Trinajstić information content (AvgIpc) is 2.71. The number of amides is 2. The predicted octanol–water partition coefficient (Wildman–Crippen LogP) is 3.03. The fourth-order valence-corrected chi connectivity index (χ4v) is 2.62. The molecule has 2 aromatic rings. The lowest BCUT2D eigenvalue weighted by molar-refractivity contribution is -0.124. The molecule has 6 heteroatoms.